The predicted molar refractivity (Wildman–Crippen MR) is 59.3 cm³/mol. The molecule has 0 aliphatic carbocycles. The van der Waals surface area contributed by atoms with Crippen LogP contribution in [0.4, 0.5) is 4.79 Å². The maximum Gasteiger partial charge on any atom is 0.334 e. The highest BCUT2D eigenvalue weighted by atomic mass is 16.5. The third-order valence-electron chi connectivity index (χ3n) is 2.16. The van der Waals surface area contributed by atoms with Crippen LogP contribution in [0.15, 0.2) is 0 Å². The summed E-state index contributed by atoms with van der Waals surface area (Å²) in [5.41, 5.74) is 0. The van der Waals surface area contributed by atoms with Crippen molar-refractivity contribution in [3.05, 3.63) is 0 Å². The Kier molecular flexibility index (Phi) is 7.46. The van der Waals surface area contributed by atoms with Crippen molar-refractivity contribution < 1.29 is 19.4 Å². The van der Waals surface area contributed by atoms with Crippen molar-refractivity contribution in [2.75, 3.05) is 26.7 Å². The number of carboxylic acids is 1. The van der Waals surface area contributed by atoms with Crippen LogP contribution in [0, 0.1) is 11.3 Å². The summed E-state index contributed by atoms with van der Waals surface area (Å²) >= 11 is 0. The number of carbonyl (C=O) groups is 2. The zero-order valence-electron chi connectivity index (χ0n) is 9.97. The van der Waals surface area contributed by atoms with Crippen LogP contribution in [-0.4, -0.2) is 54.9 Å². The van der Waals surface area contributed by atoms with Gasteiger partial charge in [-0.3, -0.25) is 0 Å². The number of nitrogens with one attached hydrogen (secondary N) is 1. The van der Waals surface area contributed by atoms with Gasteiger partial charge >= 0.3 is 12.0 Å². The van der Waals surface area contributed by atoms with E-state index in [1.807, 2.05) is 6.07 Å². The zero-order valence-corrected chi connectivity index (χ0v) is 9.97. The first-order valence-corrected chi connectivity index (χ1v) is 5.22. The molecule has 0 aliphatic rings. The Hall–Kier alpha value is -1.81. The molecule has 2 amide bonds. The first-order valence-electron chi connectivity index (χ1n) is 5.22. The van der Waals surface area contributed by atoms with E-state index in [-0.39, 0.29) is 13.0 Å². The van der Waals surface area contributed by atoms with E-state index in [1.54, 1.807) is 6.92 Å². The van der Waals surface area contributed by atoms with Gasteiger partial charge in [0.05, 0.1) is 19.0 Å². The van der Waals surface area contributed by atoms with Gasteiger partial charge in [-0.05, 0) is 6.92 Å². The van der Waals surface area contributed by atoms with Gasteiger partial charge in [0.2, 0.25) is 0 Å². The second-order valence-corrected chi connectivity index (χ2v) is 3.24. The Balaban J connectivity index is 4.14. The lowest BCUT2D eigenvalue weighted by Gasteiger charge is -2.21. The van der Waals surface area contributed by atoms with E-state index in [1.165, 1.54) is 12.0 Å². The summed E-state index contributed by atoms with van der Waals surface area (Å²) < 4.78 is 4.67. The molecule has 0 aromatic rings. The first-order chi connectivity index (χ1) is 8.06. The minimum absolute atomic E-state index is 0.103. The summed E-state index contributed by atoms with van der Waals surface area (Å²) in [5, 5.41) is 19.6. The number of urea groups is 1. The molecular formula is C10H17N3O4. The summed E-state index contributed by atoms with van der Waals surface area (Å²) in [7, 11) is 1.26. The van der Waals surface area contributed by atoms with Crippen LogP contribution in [-0.2, 0) is 9.53 Å². The molecule has 1 unspecified atom stereocenters. The summed E-state index contributed by atoms with van der Waals surface area (Å²) in [6.45, 7) is 2.46. The molecule has 0 spiro atoms. The molecule has 17 heavy (non-hydrogen) atoms. The zero-order chi connectivity index (χ0) is 13.3. The standard InChI is InChI=1S/C10H17N3O4/c1-3-13(6-4-5-11)10(16)12-7-8(17-2)9(14)15/h8H,3-4,6-7H2,1-2H3,(H,12,16)(H,14,15). The molecular weight excluding hydrogens is 226 g/mol. The number of amides is 2. The Morgan fingerprint density at radius 2 is 2.24 bits per heavy atom. The fraction of sp³-hybridized carbons (Fsp3) is 0.700. The van der Waals surface area contributed by atoms with E-state index in [4.69, 9.17) is 10.4 Å². The van der Waals surface area contributed by atoms with Gasteiger partial charge in [0.15, 0.2) is 6.10 Å². The van der Waals surface area contributed by atoms with Crippen LogP contribution >= 0.6 is 0 Å². The molecule has 0 aliphatic heterocycles. The van der Waals surface area contributed by atoms with Gasteiger partial charge in [-0.1, -0.05) is 0 Å². The van der Waals surface area contributed by atoms with E-state index in [0.29, 0.717) is 13.1 Å². The fourth-order valence-electron chi connectivity index (χ4n) is 1.15. The quantitative estimate of drug-likeness (QED) is 0.656. The number of carbonyl (C=O) groups excluding carboxylic acids is 1. The minimum atomic E-state index is -1.13. The average molecular weight is 243 g/mol. The summed E-state index contributed by atoms with van der Waals surface area (Å²) in [4.78, 5) is 23.6. The molecule has 0 saturated heterocycles. The maximum atomic E-state index is 11.6. The number of hydrogen-bond acceptors (Lipinski definition) is 4. The van der Waals surface area contributed by atoms with Crippen molar-refractivity contribution in [1.29, 1.82) is 5.26 Å². The molecule has 0 aromatic carbocycles. The van der Waals surface area contributed by atoms with Gasteiger partial charge in [-0.15, -0.1) is 0 Å². The van der Waals surface area contributed by atoms with Crippen LogP contribution in [0.1, 0.15) is 13.3 Å². The van der Waals surface area contributed by atoms with Gasteiger partial charge in [-0.25, -0.2) is 9.59 Å². The fourth-order valence-corrected chi connectivity index (χ4v) is 1.15. The summed E-state index contributed by atoms with van der Waals surface area (Å²) in [5.74, 6) is -1.13. The predicted octanol–water partition coefficient (Wildman–Crippen LogP) is 0.0312. The number of rotatable bonds is 7. The van der Waals surface area contributed by atoms with Gasteiger partial charge < -0.3 is 20.1 Å². The molecule has 0 saturated carbocycles. The van der Waals surface area contributed by atoms with Crippen molar-refractivity contribution in [3.8, 4) is 6.07 Å². The van der Waals surface area contributed by atoms with Crippen molar-refractivity contribution in [2.24, 2.45) is 0 Å². The van der Waals surface area contributed by atoms with Crippen molar-refractivity contribution in [2.45, 2.75) is 19.4 Å². The second kappa shape index (κ2) is 8.35. The number of nitriles is 1. The Labute approximate surface area is 100.0 Å². The molecule has 1 atom stereocenters. The lowest BCUT2D eigenvalue weighted by Crippen LogP contribution is -2.45. The lowest BCUT2D eigenvalue weighted by molar-refractivity contribution is -0.148. The molecule has 7 nitrogen and oxygen atoms in total. The largest absolute Gasteiger partial charge is 0.479 e. The van der Waals surface area contributed by atoms with E-state index >= 15 is 0 Å². The summed E-state index contributed by atoms with van der Waals surface area (Å²) in [6, 6.07) is 1.54. The minimum Gasteiger partial charge on any atom is -0.479 e. The number of nitrogens with zero attached hydrogens (tertiary/aromatic N) is 2. The molecule has 0 heterocycles. The smallest absolute Gasteiger partial charge is 0.334 e. The monoisotopic (exact) mass is 243 g/mol. The van der Waals surface area contributed by atoms with Gasteiger partial charge in [0, 0.05) is 20.2 Å². The van der Waals surface area contributed by atoms with Crippen molar-refractivity contribution in [3.63, 3.8) is 0 Å². The number of hydrogen-bond donors (Lipinski definition) is 2. The van der Waals surface area contributed by atoms with Crippen LogP contribution < -0.4 is 5.32 Å². The highest BCUT2D eigenvalue weighted by Crippen LogP contribution is 1.94. The third-order valence-corrected chi connectivity index (χ3v) is 2.16. The molecule has 7 heteroatoms. The Morgan fingerprint density at radius 1 is 1.59 bits per heavy atom. The topological polar surface area (TPSA) is 103 Å². The number of ether oxygens (including phenoxy) is 1. The van der Waals surface area contributed by atoms with E-state index < -0.39 is 18.1 Å². The van der Waals surface area contributed by atoms with Gasteiger partial charge in [-0.2, -0.15) is 5.26 Å². The molecule has 0 fully saturated rings. The molecule has 96 valence electrons. The van der Waals surface area contributed by atoms with Gasteiger partial charge in [0.25, 0.3) is 0 Å². The van der Waals surface area contributed by atoms with Crippen LogP contribution in [0.3, 0.4) is 0 Å². The average Bonchev–Trinajstić information content (AvgIpc) is 2.30. The number of aliphatic carboxylic acids is 1. The molecule has 0 aromatic heterocycles. The lowest BCUT2D eigenvalue weighted by atomic mass is 10.3. The number of methoxy groups -OCH3 is 1. The molecule has 2 N–H and O–H groups in total. The van der Waals surface area contributed by atoms with Crippen LogP contribution in [0.2, 0.25) is 0 Å². The highest BCUT2D eigenvalue weighted by Gasteiger charge is 2.18. The molecule has 0 rings (SSSR count). The SMILES string of the molecule is CCN(CCC#N)C(=O)NCC(OC)C(=O)O. The normalized spacial score (nSPS) is 11.4. The van der Waals surface area contributed by atoms with Crippen LogP contribution in [0.5, 0.6) is 0 Å². The van der Waals surface area contributed by atoms with E-state index in [9.17, 15) is 9.59 Å². The van der Waals surface area contributed by atoms with Crippen molar-refractivity contribution >= 4 is 12.0 Å². The van der Waals surface area contributed by atoms with Gasteiger partial charge in [0.1, 0.15) is 0 Å². The van der Waals surface area contributed by atoms with Crippen molar-refractivity contribution in [1.82, 2.24) is 10.2 Å². The maximum absolute atomic E-state index is 11.6. The Bertz CT molecular complexity index is 300. The number of carboxylic acid groups (broad SMARTS) is 1. The summed E-state index contributed by atoms with van der Waals surface area (Å²) in [6.07, 6.45) is -0.818. The molecule has 0 radical (unpaired) electrons. The highest BCUT2D eigenvalue weighted by molar-refractivity contribution is 5.77. The van der Waals surface area contributed by atoms with Crippen LogP contribution in [0.25, 0.3) is 0 Å². The van der Waals surface area contributed by atoms with E-state index in [0.717, 1.165) is 0 Å². The Morgan fingerprint density at radius 3 is 2.65 bits per heavy atom. The third kappa shape index (κ3) is 5.73. The molecule has 0 bridgehead atoms. The van der Waals surface area contributed by atoms with E-state index in [2.05, 4.69) is 10.1 Å². The first kappa shape index (κ1) is 15.2. The second-order valence-electron chi connectivity index (χ2n) is 3.24.